The Labute approximate surface area is 202 Å². The highest BCUT2D eigenvalue weighted by Crippen LogP contribution is 2.23. The number of carbonyl (C=O) groups excluding carboxylic acids is 2. The van der Waals surface area contributed by atoms with E-state index in [0.29, 0.717) is 32.5 Å². The van der Waals surface area contributed by atoms with Crippen LogP contribution in [0.15, 0.2) is 53.7 Å². The van der Waals surface area contributed by atoms with Gasteiger partial charge in [-0.2, -0.15) is 0 Å². The standard InChI is InChI=1S/C25H34N4O4S/c1-25(2,3)21-6-8-22(9-7-21)34(32,33)28-14-10-23(30)29-15-11-20(12-16-29)24(31)27-18-19-5-4-13-26-17-19/h4-9,13,17,20,28H,10-12,14-16,18H2,1-3H3,(H,27,31). The Balaban J connectivity index is 1.40. The Hall–Kier alpha value is -2.78. The Morgan fingerprint density at radius 2 is 1.76 bits per heavy atom. The maximum absolute atomic E-state index is 12.5. The van der Waals surface area contributed by atoms with Crippen molar-refractivity contribution in [2.75, 3.05) is 19.6 Å². The van der Waals surface area contributed by atoms with Gasteiger partial charge in [0, 0.05) is 50.9 Å². The van der Waals surface area contributed by atoms with Crippen LogP contribution >= 0.6 is 0 Å². The zero-order valence-corrected chi connectivity index (χ0v) is 20.9. The molecule has 1 aromatic carbocycles. The van der Waals surface area contributed by atoms with Crippen molar-refractivity contribution in [1.82, 2.24) is 19.9 Å². The monoisotopic (exact) mass is 486 g/mol. The minimum absolute atomic E-state index is 0.0128. The van der Waals surface area contributed by atoms with Gasteiger partial charge >= 0.3 is 0 Å². The quantitative estimate of drug-likeness (QED) is 0.596. The van der Waals surface area contributed by atoms with Gasteiger partial charge in [-0.15, -0.1) is 0 Å². The van der Waals surface area contributed by atoms with E-state index in [4.69, 9.17) is 0 Å². The molecule has 34 heavy (non-hydrogen) atoms. The highest BCUT2D eigenvalue weighted by atomic mass is 32.2. The summed E-state index contributed by atoms with van der Waals surface area (Å²) in [4.78, 5) is 30.9. The number of hydrogen-bond acceptors (Lipinski definition) is 5. The lowest BCUT2D eigenvalue weighted by molar-refractivity contribution is -0.135. The first-order valence-electron chi connectivity index (χ1n) is 11.6. The highest BCUT2D eigenvalue weighted by Gasteiger charge is 2.27. The third-order valence-electron chi connectivity index (χ3n) is 6.07. The molecule has 2 aromatic rings. The van der Waals surface area contributed by atoms with Crippen molar-refractivity contribution >= 4 is 21.8 Å². The summed E-state index contributed by atoms with van der Waals surface area (Å²) in [5, 5.41) is 2.93. The van der Waals surface area contributed by atoms with Crippen LogP contribution in [0.25, 0.3) is 0 Å². The number of nitrogens with zero attached hydrogens (tertiary/aromatic N) is 2. The minimum atomic E-state index is -3.68. The number of benzene rings is 1. The van der Waals surface area contributed by atoms with Crippen molar-refractivity contribution in [2.45, 2.75) is 56.9 Å². The van der Waals surface area contributed by atoms with Gasteiger partial charge in [0.2, 0.25) is 21.8 Å². The smallest absolute Gasteiger partial charge is 0.240 e. The molecule has 1 fully saturated rings. The fraction of sp³-hybridized carbons (Fsp3) is 0.480. The maximum Gasteiger partial charge on any atom is 0.240 e. The molecule has 1 aliphatic rings. The third-order valence-corrected chi connectivity index (χ3v) is 7.55. The topological polar surface area (TPSA) is 108 Å². The normalized spacial score (nSPS) is 15.2. The molecular formula is C25H34N4O4S. The van der Waals surface area contributed by atoms with Crippen LogP contribution in [-0.2, 0) is 31.6 Å². The molecule has 0 atom stereocenters. The van der Waals surface area contributed by atoms with E-state index in [0.717, 1.165) is 11.1 Å². The zero-order chi connectivity index (χ0) is 24.8. The molecule has 9 heteroatoms. The van der Waals surface area contributed by atoms with E-state index in [1.165, 1.54) is 0 Å². The van der Waals surface area contributed by atoms with Crippen LogP contribution in [0, 0.1) is 5.92 Å². The van der Waals surface area contributed by atoms with Gasteiger partial charge in [0.05, 0.1) is 4.90 Å². The van der Waals surface area contributed by atoms with Crippen molar-refractivity contribution < 1.29 is 18.0 Å². The first-order chi connectivity index (χ1) is 16.1. The van der Waals surface area contributed by atoms with Crippen molar-refractivity contribution in [2.24, 2.45) is 5.92 Å². The molecule has 2 heterocycles. The molecule has 3 rings (SSSR count). The summed E-state index contributed by atoms with van der Waals surface area (Å²) in [6.07, 6.45) is 4.67. The second kappa shape index (κ2) is 11.1. The summed E-state index contributed by atoms with van der Waals surface area (Å²) >= 11 is 0. The highest BCUT2D eigenvalue weighted by molar-refractivity contribution is 7.89. The third kappa shape index (κ3) is 7.11. The molecule has 0 saturated carbocycles. The summed E-state index contributed by atoms with van der Waals surface area (Å²) < 4.78 is 27.6. The summed E-state index contributed by atoms with van der Waals surface area (Å²) in [5.41, 5.74) is 1.93. The number of aromatic nitrogens is 1. The molecule has 2 amide bonds. The van der Waals surface area contributed by atoms with Crippen molar-refractivity contribution in [1.29, 1.82) is 0 Å². The number of hydrogen-bond donors (Lipinski definition) is 2. The van der Waals surface area contributed by atoms with E-state index in [2.05, 4.69) is 35.8 Å². The van der Waals surface area contributed by atoms with Crippen molar-refractivity contribution in [3.8, 4) is 0 Å². The van der Waals surface area contributed by atoms with E-state index < -0.39 is 10.0 Å². The molecule has 0 aliphatic carbocycles. The Bertz CT molecular complexity index is 1070. The largest absolute Gasteiger partial charge is 0.352 e. The van der Waals surface area contributed by atoms with Crippen LogP contribution in [0.1, 0.15) is 51.2 Å². The lowest BCUT2D eigenvalue weighted by Gasteiger charge is -2.31. The predicted octanol–water partition coefficient (Wildman–Crippen LogP) is 2.60. The van der Waals surface area contributed by atoms with E-state index in [1.54, 1.807) is 29.4 Å². The van der Waals surface area contributed by atoms with Gasteiger partial charge in [0.25, 0.3) is 0 Å². The van der Waals surface area contributed by atoms with Gasteiger partial charge in [-0.25, -0.2) is 13.1 Å². The van der Waals surface area contributed by atoms with E-state index >= 15 is 0 Å². The number of pyridine rings is 1. The average Bonchev–Trinajstić information content (AvgIpc) is 2.82. The van der Waals surface area contributed by atoms with E-state index in [1.807, 2.05) is 24.3 Å². The van der Waals surface area contributed by atoms with Crippen LogP contribution < -0.4 is 10.0 Å². The van der Waals surface area contributed by atoms with Crippen LogP contribution in [-0.4, -0.2) is 49.8 Å². The second-order valence-corrected chi connectivity index (χ2v) is 11.4. The molecule has 0 spiro atoms. The zero-order valence-electron chi connectivity index (χ0n) is 20.1. The molecule has 0 radical (unpaired) electrons. The van der Waals surface area contributed by atoms with Crippen LogP contribution in [0.4, 0.5) is 0 Å². The summed E-state index contributed by atoms with van der Waals surface area (Å²) in [6.45, 7) is 7.66. The lowest BCUT2D eigenvalue weighted by atomic mass is 9.87. The SMILES string of the molecule is CC(C)(C)c1ccc(S(=O)(=O)NCCC(=O)N2CCC(C(=O)NCc3cccnc3)CC2)cc1. The molecule has 0 unspecified atom stereocenters. The molecular weight excluding hydrogens is 452 g/mol. The molecule has 1 saturated heterocycles. The van der Waals surface area contributed by atoms with Gasteiger partial charge in [0.15, 0.2) is 0 Å². The number of likely N-dealkylation sites (tertiary alicyclic amines) is 1. The number of rotatable bonds is 8. The predicted molar refractivity (Wildman–Crippen MR) is 130 cm³/mol. The molecule has 8 nitrogen and oxygen atoms in total. The Kier molecular flexibility index (Phi) is 8.43. The number of nitrogens with one attached hydrogen (secondary N) is 2. The average molecular weight is 487 g/mol. The Morgan fingerprint density at radius 1 is 1.09 bits per heavy atom. The van der Waals surface area contributed by atoms with Gasteiger partial charge < -0.3 is 10.2 Å². The summed E-state index contributed by atoms with van der Waals surface area (Å²) in [6, 6.07) is 10.6. The number of carbonyl (C=O) groups is 2. The molecule has 2 N–H and O–H groups in total. The van der Waals surface area contributed by atoms with Gasteiger partial charge in [-0.1, -0.05) is 39.0 Å². The van der Waals surface area contributed by atoms with E-state index in [-0.39, 0.29) is 41.0 Å². The van der Waals surface area contributed by atoms with Crippen LogP contribution in [0.2, 0.25) is 0 Å². The van der Waals surface area contributed by atoms with E-state index in [9.17, 15) is 18.0 Å². The van der Waals surface area contributed by atoms with Crippen molar-refractivity contribution in [3.63, 3.8) is 0 Å². The number of piperidine rings is 1. The summed E-state index contributed by atoms with van der Waals surface area (Å²) in [5.74, 6) is -0.253. The molecule has 184 valence electrons. The minimum Gasteiger partial charge on any atom is -0.352 e. The number of amides is 2. The van der Waals surface area contributed by atoms with Crippen LogP contribution in [0.5, 0.6) is 0 Å². The summed E-state index contributed by atoms with van der Waals surface area (Å²) in [7, 11) is -3.68. The molecule has 0 bridgehead atoms. The first-order valence-corrected chi connectivity index (χ1v) is 13.1. The lowest BCUT2D eigenvalue weighted by Crippen LogP contribution is -2.43. The second-order valence-electron chi connectivity index (χ2n) is 9.66. The molecule has 1 aliphatic heterocycles. The van der Waals surface area contributed by atoms with Gasteiger partial charge in [0.1, 0.15) is 0 Å². The van der Waals surface area contributed by atoms with Gasteiger partial charge in [-0.3, -0.25) is 14.6 Å². The Morgan fingerprint density at radius 3 is 2.35 bits per heavy atom. The fourth-order valence-corrected chi connectivity index (χ4v) is 4.93. The number of sulfonamides is 1. The maximum atomic E-state index is 12.5. The van der Waals surface area contributed by atoms with Crippen LogP contribution in [0.3, 0.4) is 0 Å². The van der Waals surface area contributed by atoms with Gasteiger partial charge in [-0.05, 0) is 47.6 Å². The first kappa shape index (κ1) is 25.8. The molecule has 1 aromatic heterocycles. The van der Waals surface area contributed by atoms with Crippen molar-refractivity contribution in [3.05, 3.63) is 59.9 Å². The fourth-order valence-electron chi connectivity index (χ4n) is 3.90.